The summed E-state index contributed by atoms with van der Waals surface area (Å²) >= 11 is 0. The van der Waals surface area contributed by atoms with Crippen LogP contribution in [0.2, 0.25) is 0 Å². The third kappa shape index (κ3) is 5.66. The van der Waals surface area contributed by atoms with Crippen molar-refractivity contribution in [2.45, 2.75) is 103 Å². The maximum absolute atomic E-state index is 14.9. The van der Waals surface area contributed by atoms with Crippen LogP contribution in [0, 0.1) is 29.5 Å². The predicted octanol–water partition coefficient (Wildman–Crippen LogP) is 7.50. The van der Waals surface area contributed by atoms with Crippen LogP contribution in [0.1, 0.15) is 107 Å². The van der Waals surface area contributed by atoms with Gasteiger partial charge in [0.1, 0.15) is 11.7 Å². The van der Waals surface area contributed by atoms with E-state index in [4.69, 9.17) is 9.47 Å². The highest BCUT2D eigenvalue weighted by molar-refractivity contribution is 5.93. The molecule has 2 saturated carbocycles. The van der Waals surface area contributed by atoms with E-state index in [9.17, 15) is 9.18 Å². The van der Waals surface area contributed by atoms with E-state index in [1.54, 1.807) is 6.07 Å². The first-order valence-corrected chi connectivity index (χ1v) is 13.2. The molecule has 3 nitrogen and oxygen atoms in total. The van der Waals surface area contributed by atoms with Crippen LogP contribution >= 0.6 is 0 Å². The van der Waals surface area contributed by atoms with Crippen LogP contribution in [0.5, 0.6) is 5.75 Å². The van der Waals surface area contributed by atoms with Gasteiger partial charge in [0, 0.05) is 6.42 Å². The van der Waals surface area contributed by atoms with Crippen LogP contribution in [0.25, 0.3) is 0 Å². The number of halogens is 1. The molecule has 1 atom stereocenters. The van der Waals surface area contributed by atoms with Crippen molar-refractivity contribution >= 4 is 5.97 Å². The van der Waals surface area contributed by atoms with E-state index in [1.807, 2.05) is 13.0 Å². The van der Waals surface area contributed by atoms with Gasteiger partial charge >= 0.3 is 5.97 Å². The van der Waals surface area contributed by atoms with Gasteiger partial charge in [-0.3, -0.25) is 0 Å². The van der Waals surface area contributed by atoms with Gasteiger partial charge < -0.3 is 9.47 Å². The molecule has 1 heterocycles. The Morgan fingerprint density at radius 1 is 0.969 bits per heavy atom. The average molecular weight is 445 g/mol. The largest absolute Gasteiger partial charge is 0.490 e. The summed E-state index contributed by atoms with van der Waals surface area (Å²) in [6.45, 7) is 4.66. The van der Waals surface area contributed by atoms with E-state index in [-0.39, 0.29) is 17.4 Å². The van der Waals surface area contributed by atoms with Crippen molar-refractivity contribution in [1.82, 2.24) is 0 Å². The Morgan fingerprint density at radius 3 is 2.28 bits per heavy atom. The number of unbranched alkanes of at least 4 members (excludes halogenated alkanes) is 2. The topological polar surface area (TPSA) is 35.5 Å². The highest BCUT2D eigenvalue weighted by atomic mass is 19.1. The third-order valence-electron chi connectivity index (χ3n) is 8.35. The molecule has 178 valence electrons. The standard InChI is InChI=1S/C28H41FO3/c1-3-4-5-6-20-7-11-22(12-8-20)23-13-9-21(10-14-23)18-31-25-16-15-24-17-19(2)32-28(30)26(24)27(25)29/h15-16,19-23H,3-14,17-18H2,1-2H3. The molecule has 0 aromatic heterocycles. The molecule has 3 aliphatic rings. The maximum atomic E-state index is 14.9. The minimum absolute atomic E-state index is 0.0644. The Bertz CT molecular complexity index is 760. The summed E-state index contributed by atoms with van der Waals surface area (Å²) in [6, 6.07) is 3.50. The Labute approximate surface area is 193 Å². The van der Waals surface area contributed by atoms with E-state index in [1.165, 1.54) is 77.0 Å². The number of rotatable bonds is 8. The second-order valence-corrected chi connectivity index (χ2v) is 10.7. The molecule has 0 amide bonds. The lowest BCUT2D eigenvalue weighted by Gasteiger charge is -2.38. The van der Waals surface area contributed by atoms with Crippen molar-refractivity contribution in [2.75, 3.05) is 6.61 Å². The summed E-state index contributed by atoms with van der Waals surface area (Å²) in [4.78, 5) is 12.1. The summed E-state index contributed by atoms with van der Waals surface area (Å²) in [7, 11) is 0. The SMILES string of the molecule is CCCCCC1CCC(C2CCC(COc3ccc4c(c3F)C(=O)OC(C)C4)CC2)CC1. The number of ether oxygens (including phenoxy) is 2. The number of fused-ring (bicyclic) bond motifs is 1. The second kappa shape index (κ2) is 11.0. The molecule has 0 bridgehead atoms. The van der Waals surface area contributed by atoms with E-state index >= 15 is 0 Å². The molecule has 0 saturated heterocycles. The lowest BCUT2D eigenvalue weighted by molar-refractivity contribution is 0.0292. The summed E-state index contributed by atoms with van der Waals surface area (Å²) in [6.07, 6.45) is 16.6. The van der Waals surface area contributed by atoms with Gasteiger partial charge in [-0.15, -0.1) is 0 Å². The molecular formula is C28H41FO3. The monoisotopic (exact) mass is 444 g/mol. The highest BCUT2D eigenvalue weighted by Crippen LogP contribution is 2.42. The zero-order chi connectivity index (χ0) is 22.5. The quantitative estimate of drug-likeness (QED) is 0.308. The minimum Gasteiger partial charge on any atom is -0.490 e. The lowest BCUT2D eigenvalue weighted by atomic mass is 9.69. The molecule has 2 fully saturated rings. The van der Waals surface area contributed by atoms with Crippen molar-refractivity contribution in [1.29, 1.82) is 0 Å². The highest BCUT2D eigenvalue weighted by Gasteiger charge is 2.32. The number of benzene rings is 1. The van der Waals surface area contributed by atoms with Crippen molar-refractivity contribution in [3.63, 3.8) is 0 Å². The smallest absolute Gasteiger partial charge is 0.341 e. The van der Waals surface area contributed by atoms with Crippen LogP contribution in [-0.4, -0.2) is 18.7 Å². The third-order valence-corrected chi connectivity index (χ3v) is 8.35. The van der Waals surface area contributed by atoms with E-state index in [0.29, 0.717) is 18.9 Å². The molecule has 1 aromatic carbocycles. The first kappa shape index (κ1) is 23.6. The van der Waals surface area contributed by atoms with Gasteiger partial charge in [-0.2, -0.15) is 0 Å². The summed E-state index contributed by atoms with van der Waals surface area (Å²) in [5, 5.41) is 0. The van der Waals surface area contributed by atoms with Gasteiger partial charge in [-0.05, 0) is 80.8 Å². The minimum atomic E-state index is -0.567. The normalized spacial score (nSPS) is 30.5. The van der Waals surface area contributed by atoms with Crippen LogP contribution < -0.4 is 4.74 Å². The van der Waals surface area contributed by atoms with E-state index in [0.717, 1.165) is 23.3 Å². The van der Waals surface area contributed by atoms with Crippen LogP contribution in [0.3, 0.4) is 0 Å². The summed E-state index contributed by atoms with van der Waals surface area (Å²) in [5.41, 5.74) is 0.786. The Hall–Kier alpha value is -1.58. The first-order valence-electron chi connectivity index (χ1n) is 13.2. The number of cyclic esters (lactones) is 1. The van der Waals surface area contributed by atoms with Crippen molar-refractivity contribution < 1.29 is 18.7 Å². The van der Waals surface area contributed by atoms with Crippen LogP contribution in [0.15, 0.2) is 12.1 Å². The Kier molecular flexibility index (Phi) is 8.12. The molecule has 0 radical (unpaired) electrons. The molecule has 1 aromatic rings. The lowest BCUT2D eigenvalue weighted by Crippen LogP contribution is -2.28. The number of hydrogen-bond acceptors (Lipinski definition) is 3. The van der Waals surface area contributed by atoms with Crippen LogP contribution in [0.4, 0.5) is 4.39 Å². The molecule has 32 heavy (non-hydrogen) atoms. The predicted molar refractivity (Wildman–Crippen MR) is 126 cm³/mol. The fraction of sp³-hybridized carbons (Fsp3) is 0.750. The number of esters is 1. The number of hydrogen-bond donors (Lipinski definition) is 0. The molecule has 4 heteroatoms. The van der Waals surface area contributed by atoms with E-state index in [2.05, 4.69) is 6.92 Å². The molecule has 1 unspecified atom stereocenters. The molecular weight excluding hydrogens is 403 g/mol. The molecule has 4 rings (SSSR count). The zero-order valence-corrected chi connectivity index (χ0v) is 20.0. The van der Waals surface area contributed by atoms with Gasteiger partial charge in [-0.1, -0.05) is 51.5 Å². The fourth-order valence-electron chi connectivity index (χ4n) is 6.36. The fourth-order valence-corrected chi connectivity index (χ4v) is 6.36. The molecule has 0 N–H and O–H groups in total. The van der Waals surface area contributed by atoms with Gasteiger partial charge in [0.15, 0.2) is 11.6 Å². The van der Waals surface area contributed by atoms with Gasteiger partial charge in [0.05, 0.1) is 6.61 Å². The van der Waals surface area contributed by atoms with Crippen molar-refractivity contribution in [2.24, 2.45) is 23.7 Å². The van der Waals surface area contributed by atoms with Crippen molar-refractivity contribution in [3.8, 4) is 5.75 Å². The summed E-state index contributed by atoms with van der Waals surface area (Å²) in [5.74, 6) is 2.34. The Balaban J connectivity index is 1.21. The van der Waals surface area contributed by atoms with Gasteiger partial charge in [0.25, 0.3) is 0 Å². The molecule has 0 spiro atoms. The van der Waals surface area contributed by atoms with Crippen LogP contribution in [-0.2, 0) is 11.2 Å². The van der Waals surface area contributed by atoms with Gasteiger partial charge in [0.2, 0.25) is 0 Å². The molecule has 1 aliphatic heterocycles. The molecule has 2 aliphatic carbocycles. The Morgan fingerprint density at radius 2 is 1.62 bits per heavy atom. The summed E-state index contributed by atoms with van der Waals surface area (Å²) < 4.78 is 26.0. The zero-order valence-electron chi connectivity index (χ0n) is 20.0. The van der Waals surface area contributed by atoms with E-state index < -0.39 is 11.8 Å². The second-order valence-electron chi connectivity index (χ2n) is 10.7. The maximum Gasteiger partial charge on any atom is 0.341 e. The van der Waals surface area contributed by atoms with Crippen molar-refractivity contribution in [3.05, 3.63) is 29.1 Å². The first-order chi connectivity index (χ1) is 15.5. The van der Waals surface area contributed by atoms with Gasteiger partial charge in [-0.25, -0.2) is 9.18 Å². The number of carbonyl (C=O) groups excluding carboxylic acids is 1. The number of carbonyl (C=O) groups is 1. The average Bonchev–Trinajstić information content (AvgIpc) is 2.79.